The van der Waals surface area contributed by atoms with Crippen LogP contribution in [0.5, 0.6) is 0 Å². The Labute approximate surface area is 92.6 Å². The fraction of sp³-hybridized carbons (Fsp3) is 1.00. The van der Waals surface area contributed by atoms with E-state index in [1.807, 2.05) is 0 Å². The van der Waals surface area contributed by atoms with Crippen molar-refractivity contribution in [1.82, 2.24) is 15.1 Å². The maximum atomic E-state index is 5.70. The van der Waals surface area contributed by atoms with Crippen LogP contribution in [-0.4, -0.2) is 75.4 Å². The van der Waals surface area contributed by atoms with Crippen LogP contribution in [0.15, 0.2) is 0 Å². The van der Waals surface area contributed by atoms with Crippen molar-refractivity contribution < 1.29 is 4.74 Å². The first-order valence-corrected chi connectivity index (χ1v) is 6.00. The number of hydrogen-bond donors (Lipinski definition) is 0. The summed E-state index contributed by atoms with van der Waals surface area (Å²) in [7, 11) is 2.20. The summed E-state index contributed by atoms with van der Waals surface area (Å²) >= 11 is 0. The monoisotopic (exact) mass is 212 g/mol. The average Bonchev–Trinajstić information content (AvgIpc) is 2.46. The van der Waals surface area contributed by atoms with Crippen LogP contribution in [-0.2, 0) is 4.74 Å². The lowest BCUT2D eigenvalue weighted by atomic mass is 10.2. The molecule has 1 unspecified atom stereocenters. The summed E-state index contributed by atoms with van der Waals surface area (Å²) in [6, 6.07) is 0. The van der Waals surface area contributed by atoms with Gasteiger partial charge in [-0.25, -0.2) is 5.32 Å². The second-order valence-electron chi connectivity index (χ2n) is 4.58. The molecule has 0 aromatic carbocycles. The van der Waals surface area contributed by atoms with Crippen molar-refractivity contribution in [2.24, 2.45) is 0 Å². The molecule has 0 saturated carbocycles. The van der Waals surface area contributed by atoms with Gasteiger partial charge in [0.05, 0.1) is 12.7 Å². The van der Waals surface area contributed by atoms with E-state index in [0.717, 1.165) is 26.2 Å². The van der Waals surface area contributed by atoms with Crippen LogP contribution in [0.4, 0.5) is 0 Å². The second kappa shape index (κ2) is 5.80. The predicted molar refractivity (Wildman–Crippen MR) is 60.2 cm³/mol. The SMILES string of the molecule is CN1CCCN(CC2C[N]CCO2)CC1. The van der Waals surface area contributed by atoms with Crippen LogP contribution in [0.25, 0.3) is 0 Å². The lowest BCUT2D eigenvalue weighted by Crippen LogP contribution is -2.43. The molecule has 1 atom stereocenters. The van der Waals surface area contributed by atoms with E-state index in [1.165, 1.54) is 32.6 Å². The molecule has 2 rings (SSSR count). The van der Waals surface area contributed by atoms with E-state index in [9.17, 15) is 0 Å². The molecule has 0 N–H and O–H groups in total. The fourth-order valence-electron chi connectivity index (χ4n) is 2.25. The molecule has 2 aliphatic rings. The Balaban J connectivity index is 1.72. The van der Waals surface area contributed by atoms with Crippen LogP contribution in [0, 0.1) is 0 Å². The number of rotatable bonds is 2. The van der Waals surface area contributed by atoms with Gasteiger partial charge < -0.3 is 9.64 Å². The van der Waals surface area contributed by atoms with E-state index >= 15 is 0 Å². The summed E-state index contributed by atoms with van der Waals surface area (Å²) in [4.78, 5) is 4.93. The third-order valence-electron chi connectivity index (χ3n) is 3.21. The summed E-state index contributed by atoms with van der Waals surface area (Å²) in [5, 5.41) is 4.40. The molecular formula is C11H22N3O. The molecule has 0 amide bonds. The molecule has 0 aliphatic carbocycles. The first kappa shape index (κ1) is 11.3. The summed E-state index contributed by atoms with van der Waals surface area (Å²) < 4.78 is 5.70. The van der Waals surface area contributed by atoms with E-state index in [-0.39, 0.29) is 0 Å². The number of likely N-dealkylation sites (N-methyl/N-ethyl adjacent to an activating group) is 1. The van der Waals surface area contributed by atoms with Crippen LogP contribution in [0.1, 0.15) is 6.42 Å². The topological polar surface area (TPSA) is 29.8 Å². The van der Waals surface area contributed by atoms with Crippen molar-refractivity contribution in [1.29, 1.82) is 0 Å². The molecule has 1 radical (unpaired) electrons. The molecule has 4 nitrogen and oxygen atoms in total. The minimum absolute atomic E-state index is 0.349. The van der Waals surface area contributed by atoms with Gasteiger partial charge >= 0.3 is 0 Å². The molecule has 2 heterocycles. The molecule has 0 spiro atoms. The van der Waals surface area contributed by atoms with E-state index in [1.54, 1.807) is 0 Å². The number of nitrogens with zero attached hydrogens (tertiary/aromatic N) is 3. The third kappa shape index (κ3) is 3.72. The number of morpholine rings is 1. The van der Waals surface area contributed by atoms with Crippen molar-refractivity contribution in [3.05, 3.63) is 0 Å². The van der Waals surface area contributed by atoms with Crippen LogP contribution >= 0.6 is 0 Å². The highest BCUT2D eigenvalue weighted by Gasteiger charge is 2.19. The fourth-order valence-corrected chi connectivity index (χ4v) is 2.25. The van der Waals surface area contributed by atoms with Crippen LogP contribution in [0.2, 0.25) is 0 Å². The zero-order chi connectivity index (χ0) is 10.5. The highest BCUT2D eigenvalue weighted by Crippen LogP contribution is 2.05. The zero-order valence-electron chi connectivity index (χ0n) is 9.69. The minimum Gasteiger partial charge on any atom is -0.374 e. The van der Waals surface area contributed by atoms with Crippen molar-refractivity contribution in [2.45, 2.75) is 12.5 Å². The van der Waals surface area contributed by atoms with Gasteiger partial charge in [0.2, 0.25) is 0 Å². The maximum absolute atomic E-state index is 5.70. The average molecular weight is 212 g/mol. The van der Waals surface area contributed by atoms with Gasteiger partial charge in [-0.3, -0.25) is 4.90 Å². The summed E-state index contributed by atoms with van der Waals surface area (Å²) in [6.45, 7) is 8.47. The lowest BCUT2D eigenvalue weighted by Gasteiger charge is -2.28. The van der Waals surface area contributed by atoms with Crippen molar-refractivity contribution >= 4 is 0 Å². The molecule has 0 aromatic heterocycles. The van der Waals surface area contributed by atoms with Gasteiger partial charge in [-0.1, -0.05) is 0 Å². The van der Waals surface area contributed by atoms with Gasteiger partial charge in [-0.05, 0) is 26.6 Å². The molecule has 87 valence electrons. The van der Waals surface area contributed by atoms with Crippen molar-refractivity contribution in [2.75, 3.05) is 59.5 Å². The molecular weight excluding hydrogens is 190 g/mol. The molecule has 2 fully saturated rings. The second-order valence-corrected chi connectivity index (χ2v) is 4.58. The minimum atomic E-state index is 0.349. The number of hydrogen-bond acceptors (Lipinski definition) is 3. The first-order chi connectivity index (χ1) is 7.34. The Bertz CT molecular complexity index is 183. The molecule has 4 heteroatoms. The van der Waals surface area contributed by atoms with Gasteiger partial charge in [-0.15, -0.1) is 0 Å². The summed E-state index contributed by atoms with van der Waals surface area (Å²) in [5.41, 5.74) is 0. The quantitative estimate of drug-likeness (QED) is 0.625. The van der Waals surface area contributed by atoms with E-state index < -0.39 is 0 Å². The van der Waals surface area contributed by atoms with Gasteiger partial charge in [-0.2, -0.15) is 0 Å². The van der Waals surface area contributed by atoms with Crippen LogP contribution in [0.3, 0.4) is 0 Å². The summed E-state index contributed by atoms with van der Waals surface area (Å²) in [5.74, 6) is 0. The van der Waals surface area contributed by atoms with Gasteiger partial charge in [0.25, 0.3) is 0 Å². The van der Waals surface area contributed by atoms with Crippen molar-refractivity contribution in [3.8, 4) is 0 Å². The number of ether oxygens (including phenoxy) is 1. The maximum Gasteiger partial charge on any atom is 0.0843 e. The van der Waals surface area contributed by atoms with Crippen LogP contribution < -0.4 is 5.32 Å². The third-order valence-corrected chi connectivity index (χ3v) is 3.21. The molecule has 0 bridgehead atoms. The zero-order valence-corrected chi connectivity index (χ0v) is 9.69. The van der Waals surface area contributed by atoms with Gasteiger partial charge in [0, 0.05) is 32.7 Å². The lowest BCUT2D eigenvalue weighted by molar-refractivity contribution is 0.00498. The van der Waals surface area contributed by atoms with Crippen molar-refractivity contribution in [3.63, 3.8) is 0 Å². The summed E-state index contributed by atoms with van der Waals surface area (Å²) in [6.07, 6.45) is 1.63. The Hall–Kier alpha value is -0.160. The normalized spacial score (nSPS) is 31.4. The van der Waals surface area contributed by atoms with Gasteiger partial charge in [0.1, 0.15) is 0 Å². The van der Waals surface area contributed by atoms with Gasteiger partial charge in [0.15, 0.2) is 0 Å². The smallest absolute Gasteiger partial charge is 0.0843 e. The molecule has 2 aliphatic heterocycles. The standard InChI is InChI=1S/C11H22N3O/c1-13-4-2-5-14(7-6-13)10-11-9-12-3-8-15-11/h11H,2-10H2,1H3. The van der Waals surface area contributed by atoms with E-state index in [4.69, 9.17) is 4.74 Å². The highest BCUT2D eigenvalue weighted by molar-refractivity contribution is 4.74. The molecule has 15 heavy (non-hydrogen) atoms. The Morgan fingerprint density at radius 2 is 2.20 bits per heavy atom. The largest absolute Gasteiger partial charge is 0.374 e. The molecule has 0 aromatic rings. The Morgan fingerprint density at radius 1 is 1.27 bits per heavy atom. The Kier molecular flexibility index (Phi) is 4.38. The Morgan fingerprint density at radius 3 is 3.00 bits per heavy atom. The molecule has 2 saturated heterocycles. The predicted octanol–water partition coefficient (Wildman–Crippen LogP) is -0.373. The first-order valence-electron chi connectivity index (χ1n) is 6.00. The van der Waals surface area contributed by atoms with E-state index in [2.05, 4.69) is 22.2 Å². The van der Waals surface area contributed by atoms with E-state index in [0.29, 0.717) is 6.10 Å². The highest BCUT2D eigenvalue weighted by atomic mass is 16.5.